The average molecular weight is 596 g/mol. The number of amides is 3. The number of rotatable bonds is 8. The van der Waals surface area contributed by atoms with Crippen LogP contribution < -0.4 is 14.8 Å². The van der Waals surface area contributed by atoms with Gasteiger partial charge in [0.2, 0.25) is 5.91 Å². The lowest BCUT2D eigenvalue weighted by Crippen LogP contribution is -2.36. The van der Waals surface area contributed by atoms with Crippen molar-refractivity contribution in [3.63, 3.8) is 0 Å². The van der Waals surface area contributed by atoms with Crippen LogP contribution in [0, 0.1) is 5.82 Å². The van der Waals surface area contributed by atoms with Gasteiger partial charge >= 0.3 is 0 Å². The zero-order valence-electron chi connectivity index (χ0n) is 19.6. The van der Waals surface area contributed by atoms with E-state index in [1.165, 1.54) is 31.4 Å². The van der Waals surface area contributed by atoms with Crippen LogP contribution in [-0.4, -0.2) is 35.6 Å². The molecule has 0 aromatic heterocycles. The molecule has 38 heavy (non-hydrogen) atoms. The lowest BCUT2D eigenvalue weighted by molar-refractivity contribution is -0.127. The number of hydrogen-bond donors (Lipinski definition) is 1. The molecule has 0 radical (unpaired) electrons. The highest BCUT2D eigenvalue weighted by atomic mass is 35.5. The number of imide groups is 1. The molecule has 0 unspecified atom stereocenters. The van der Waals surface area contributed by atoms with Crippen LogP contribution in [0.5, 0.6) is 11.5 Å². The van der Waals surface area contributed by atoms with E-state index >= 15 is 0 Å². The van der Waals surface area contributed by atoms with E-state index in [4.69, 9.17) is 44.3 Å². The smallest absolute Gasteiger partial charge is 0.294 e. The number of hydrogen-bond acceptors (Lipinski definition) is 6. The van der Waals surface area contributed by atoms with Gasteiger partial charge in [0, 0.05) is 5.69 Å². The molecular weight excluding hydrogens is 578 g/mol. The van der Waals surface area contributed by atoms with Crippen molar-refractivity contribution < 1.29 is 28.2 Å². The Morgan fingerprint density at radius 3 is 2.55 bits per heavy atom. The summed E-state index contributed by atoms with van der Waals surface area (Å²) in [5, 5.41) is 2.87. The van der Waals surface area contributed by atoms with Crippen LogP contribution in [0.3, 0.4) is 0 Å². The second-order valence-corrected chi connectivity index (χ2v) is 10.1. The summed E-state index contributed by atoms with van der Waals surface area (Å²) >= 11 is 19.1. The van der Waals surface area contributed by atoms with Crippen LogP contribution in [0.25, 0.3) is 6.08 Å². The normalized spacial score (nSPS) is 14.2. The van der Waals surface area contributed by atoms with Crippen molar-refractivity contribution in [2.75, 3.05) is 19.0 Å². The molecule has 1 N–H and O–H groups in total. The van der Waals surface area contributed by atoms with Crippen molar-refractivity contribution >= 4 is 75.4 Å². The number of carbonyl (C=O) groups is 3. The highest BCUT2D eigenvalue weighted by molar-refractivity contribution is 8.18. The van der Waals surface area contributed by atoms with Crippen LogP contribution in [0.1, 0.15) is 11.1 Å². The standard InChI is InChI=1S/C26H18Cl3FN2O5S/c1-36-21-9-15(8-20(29)24(21)37-13-14-5-6-18(27)19(28)7-14)10-22-25(34)32(26(35)38-22)12-23(33)31-17-4-2-3-16(30)11-17/h2-11H,12-13H2,1H3,(H,31,33)/b22-10+. The third-order valence-electron chi connectivity index (χ3n) is 5.20. The minimum atomic E-state index is -0.649. The zero-order valence-corrected chi connectivity index (χ0v) is 22.7. The van der Waals surface area contributed by atoms with Crippen LogP contribution in [0.2, 0.25) is 15.1 Å². The molecule has 0 atom stereocenters. The van der Waals surface area contributed by atoms with Crippen molar-refractivity contribution in [2.24, 2.45) is 0 Å². The van der Waals surface area contributed by atoms with Gasteiger partial charge in [-0.3, -0.25) is 19.3 Å². The van der Waals surface area contributed by atoms with Gasteiger partial charge in [-0.25, -0.2) is 4.39 Å². The number of benzene rings is 3. The van der Waals surface area contributed by atoms with Crippen molar-refractivity contribution in [3.05, 3.63) is 91.5 Å². The zero-order chi connectivity index (χ0) is 27.4. The molecular formula is C26H18Cl3FN2O5S. The molecule has 1 fully saturated rings. The van der Waals surface area contributed by atoms with Gasteiger partial charge in [0.1, 0.15) is 19.0 Å². The van der Waals surface area contributed by atoms with Gasteiger partial charge in [-0.15, -0.1) is 0 Å². The quantitative estimate of drug-likeness (QED) is 0.281. The first-order valence-electron chi connectivity index (χ1n) is 10.9. The number of carbonyl (C=O) groups excluding carboxylic acids is 3. The molecule has 1 saturated heterocycles. The van der Waals surface area contributed by atoms with Gasteiger partial charge in [0.25, 0.3) is 11.1 Å². The molecule has 1 aliphatic rings. The molecule has 1 heterocycles. The maximum Gasteiger partial charge on any atom is 0.294 e. The van der Waals surface area contributed by atoms with E-state index in [9.17, 15) is 18.8 Å². The van der Waals surface area contributed by atoms with Gasteiger partial charge in [-0.2, -0.15) is 0 Å². The maximum atomic E-state index is 13.3. The summed E-state index contributed by atoms with van der Waals surface area (Å²) in [6, 6.07) is 13.5. The van der Waals surface area contributed by atoms with E-state index in [1.54, 1.807) is 30.3 Å². The molecule has 7 nitrogen and oxygen atoms in total. The largest absolute Gasteiger partial charge is 0.493 e. The Labute approximate surface area is 236 Å². The number of thioether (sulfide) groups is 1. The Kier molecular flexibility index (Phi) is 8.83. The Balaban J connectivity index is 1.47. The van der Waals surface area contributed by atoms with Crippen LogP contribution in [0.15, 0.2) is 59.5 Å². The molecule has 0 spiro atoms. The predicted molar refractivity (Wildman–Crippen MR) is 147 cm³/mol. The Morgan fingerprint density at radius 1 is 1.05 bits per heavy atom. The summed E-state index contributed by atoms with van der Waals surface area (Å²) in [4.78, 5) is 38.5. The SMILES string of the molecule is COc1cc(/C=C2/SC(=O)N(CC(=O)Nc3cccc(F)c3)C2=O)cc(Cl)c1OCc1ccc(Cl)c(Cl)c1. The minimum absolute atomic E-state index is 0.0937. The lowest BCUT2D eigenvalue weighted by Gasteiger charge is -2.14. The fourth-order valence-electron chi connectivity index (χ4n) is 3.45. The summed E-state index contributed by atoms with van der Waals surface area (Å²) in [6.07, 6.45) is 1.46. The summed E-state index contributed by atoms with van der Waals surface area (Å²) in [6.45, 7) is -0.382. The van der Waals surface area contributed by atoms with Crippen molar-refractivity contribution in [1.82, 2.24) is 4.90 Å². The van der Waals surface area contributed by atoms with E-state index in [2.05, 4.69) is 5.32 Å². The third kappa shape index (κ3) is 6.60. The highest BCUT2D eigenvalue weighted by Gasteiger charge is 2.36. The second kappa shape index (κ2) is 12.1. The summed E-state index contributed by atoms with van der Waals surface area (Å²) < 4.78 is 24.6. The van der Waals surface area contributed by atoms with Crippen molar-refractivity contribution in [1.29, 1.82) is 0 Å². The average Bonchev–Trinajstić information content (AvgIpc) is 3.12. The maximum absolute atomic E-state index is 13.3. The third-order valence-corrected chi connectivity index (χ3v) is 7.13. The number of halogens is 4. The molecule has 4 rings (SSSR count). The van der Waals surface area contributed by atoms with E-state index in [1.807, 2.05) is 0 Å². The lowest BCUT2D eigenvalue weighted by atomic mass is 10.1. The molecule has 0 saturated carbocycles. The number of ether oxygens (including phenoxy) is 2. The first kappa shape index (κ1) is 27.8. The number of anilines is 1. The minimum Gasteiger partial charge on any atom is -0.493 e. The van der Waals surface area contributed by atoms with Gasteiger partial charge < -0.3 is 14.8 Å². The molecule has 0 aliphatic carbocycles. The van der Waals surface area contributed by atoms with Gasteiger partial charge in [0.15, 0.2) is 11.5 Å². The first-order valence-corrected chi connectivity index (χ1v) is 12.8. The fraction of sp³-hybridized carbons (Fsp3) is 0.115. The molecule has 1 aliphatic heterocycles. The Hall–Kier alpha value is -3.24. The van der Waals surface area contributed by atoms with E-state index < -0.39 is 29.4 Å². The predicted octanol–water partition coefficient (Wildman–Crippen LogP) is 7.05. The van der Waals surface area contributed by atoms with Crippen molar-refractivity contribution in [2.45, 2.75) is 6.61 Å². The van der Waals surface area contributed by atoms with Gasteiger partial charge in [0.05, 0.1) is 27.1 Å². The number of nitrogens with zero attached hydrogens (tertiary/aromatic N) is 1. The summed E-state index contributed by atoms with van der Waals surface area (Å²) in [5.41, 5.74) is 1.45. The van der Waals surface area contributed by atoms with E-state index in [0.29, 0.717) is 33.1 Å². The molecule has 196 valence electrons. The van der Waals surface area contributed by atoms with Crippen molar-refractivity contribution in [3.8, 4) is 11.5 Å². The van der Waals surface area contributed by atoms with Gasteiger partial charge in [-0.05, 0) is 71.4 Å². The Bertz CT molecular complexity index is 1470. The molecule has 0 bridgehead atoms. The summed E-state index contributed by atoms with van der Waals surface area (Å²) in [7, 11) is 1.44. The molecule has 3 aromatic carbocycles. The first-order chi connectivity index (χ1) is 18.1. The van der Waals surface area contributed by atoms with E-state index in [0.717, 1.165) is 16.5 Å². The monoisotopic (exact) mass is 594 g/mol. The Morgan fingerprint density at radius 2 is 1.84 bits per heavy atom. The van der Waals surface area contributed by atoms with E-state index in [-0.39, 0.29) is 28.0 Å². The van der Waals surface area contributed by atoms with Gasteiger partial charge in [-0.1, -0.05) is 46.9 Å². The molecule has 12 heteroatoms. The summed E-state index contributed by atoms with van der Waals surface area (Å²) in [5.74, 6) is -1.24. The number of nitrogens with one attached hydrogen (secondary N) is 1. The topological polar surface area (TPSA) is 84.9 Å². The second-order valence-electron chi connectivity index (χ2n) is 7.90. The molecule has 3 amide bonds. The van der Waals surface area contributed by atoms with Crippen LogP contribution in [-0.2, 0) is 16.2 Å². The molecule has 3 aromatic rings. The number of methoxy groups -OCH3 is 1. The van der Waals surface area contributed by atoms with Crippen LogP contribution >= 0.6 is 46.6 Å². The highest BCUT2D eigenvalue weighted by Crippen LogP contribution is 2.39. The van der Waals surface area contributed by atoms with Crippen LogP contribution in [0.4, 0.5) is 14.9 Å². The fourth-order valence-corrected chi connectivity index (χ4v) is 4.88.